The van der Waals surface area contributed by atoms with Gasteiger partial charge in [-0.25, -0.2) is 0 Å². The van der Waals surface area contributed by atoms with Crippen LogP contribution in [0.4, 0.5) is 0 Å². The van der Waals surface area contributed by atoms with E-state index in [2.05, 4.69) is 74.3 Å². The van der Waals surface area contributed by atoms with Crippen LogP contribution in [-0.2, 0) is 6.54 Å². The molecule has 144 valence electrons. The SMILES string of the molecule is COc1ccccc1C1NCCN(Cc2ccc(C)cc2)C1=NC(C)(C)C. The summed E-state index contributed by atoms with van der Waals surface area (Å²) in [6.45, 7) is 11.3. The molecule has 1 atom stereocenters. The topological polar surface area (TPSA) is 36.9 Å². The third-order valence-corrected chi connectivity index (χ3v) is 4.71. The van der Waals surface area contributed by atoms with Crippen LogP contribution >= 0.6 is 0 Å². The van der Waals surface area contributed by atoms with Crippen LogP contribution in [0.3, 0.4) is 0 Å². The molecule has 1 fully saturated rings. The Bertz CT molecular complexity index is 790. The monoisotopic (exact) mass is 365 g/mol. The van der Waals surface area contributed by atoms with Gasteiger partial charge in [0.25, 0.3) is 0 Å². The molecule has 2 aromatic rings. The number of aliphatic imine (C=N–C) groups is 1. The molecule has 0 amide bonds. The van der Waals surface area contributed by atoms with E-state index >= 15 is 0 Å². The number of methoxy groups -OCH3 is 1. The molecule has 1 N–H and O–H groups in total. The summed E-state index contributed by atoms with van der Waals surface area (Å²) in [5.41, 5.74) is 3.58. The Balaban J connectivity index is 1.98. The predicted molar refractivity (Wildman–Crippen MR) is 113 cm³/mol. The van der Waals surface area contributed by atoms with Crippen LogP contribution in [0.2, 0.25) is 0 Å². The van der Waals surface area contributed by atoms with Gasteiger partial charge in [0.2, 0.25) is 0 Å². The Kier molecular flexibility index (Phi) is 5.85. The molecule has 0 saturated carbocycles. The third-order valence-electron chi connectivity index (χ3n) is 4.71. The van der Waals surface area contributed by atoms with Crippen LogP contribution in [0.25, 0.3) is 0 Å². The maximum Gasteiger partial charge on any atom is 0.124 e. The van der Waals surface area contributed by atoms with Crippen LogP contribution < -0.4 is 10.1 Å². The van der Waals surface area contributed by atoms with E-state index in [1.54, 1.807) is 7.11 Å². The molecule has 0 bridgehead atoms. The number of aryl methyl sites for hydroxylation is 1. The Labute approximate surface area is 163 Å². The molecule has 1 heterocycles. The van der Waals surface area contributed by atoms with Crippen molar-refractivity contribution in [3.8, 4) is 5.75 Å². The lowest BCUT2D eigenvalue weighted by molar-refractivity contribution is 0.332. The lowest BCUT2D eigenvalue weighted by atomic mass is 10.00. The zero-order valence-corrected chi connectivity index (χ0v) is 17.1. The summed E-state index contributed by atoms with van der Waals surface area (Å²) in [6.07, 6.45) is 0. The first-order valence-electron chi connectivity index (χ1n) is 9.64. The minimum Gasteiger partial charge on any atom is -0.496 e. The number of nitrogens with zero attached hydrogens (tertiary/aromatic N) is 2. The van der Waals surface area contributed by atoms with E-state index in [4.69, 9.17) is 9.73 Å². The number of rotatable bonds is 4. The Morgan fingerprint density at radius 2 is 1.81 bits per heavy atom. The first-order valence-corrected chi connectivity index (χ1v) is 9.64. The highest BCUT2D eigenvalue weighted by molar-refractivity contribution is 5.90. The number of para-hydroxylation sites is 1. The average Bonchev–Trinajstić information content (AvgIpc) is 2.64. The molecule has 1 aliphatic heterocycles. The molecule has 4 heteroatoms. The maximum absolute atomic E-state index is 5.63. The summed E-state index contributed by atoms with van der Waals surface area (Å²) in [5.74, 6) is 1.98. The lowest BCUT2D eigenvalue weighted by Gasteiger charge is -2.39. The van der Waals surface area contributed by atoms with Crippen molar-refractivity contribution in [1.82, 2.24) is 10.2 Å². The van der Waals surface area contributed by atoms with Crippen molar-refractivity contribution >= 4 is 5.84 Å². The first-order chi connectivity index (χ1) is 12.9. The van der Waals surface area contributed by atoms with Gasteiger partial charge in [0.1, 0.15) is 11.6 Å². The molecule has 0 spiro atoms. The van der Waals surface area contributed by atoms with E-state index < -0.39 is 0 Å². The van der Waals surface area contributed by atoms with E-state index in [0.717, 1.165) is 36.8 Å². The van der Waals surface area contributed by atoms with Crippen LogP contribution in [0.15, 0.2) is 53.5 Å². The van der Waals surface area contributed by atoms with Crippen molar-refractivity contribution in [2.24, 2.45) is 4.99 Å². The van der Waals surface area contributed by atoms with Crippen molar-refractivity contribution in [2.75, 3.05) is 20.2 Å². The Morgan fingerprint density at radius 1 is 1.11 bits per heavy atom. The smallest absolute Gasteiger partial charge is 0.124 e. The van der Waals surface area contributed by atoms with Crippen LogP contribution in [0, 0.1) is 6.92 Å². The van der Waals surface area contributed by atoms with Gasteiger partial charge < -0.3 is 15.0 Å². The first kappa shape index (κ1) is 19.4. The van der Waals surface area contributed by atoms with E-state index in [-0.39, 0.29) is 11.6 Å². The molecule has 1 saturated heterocycles. The average molecular weight is 366 g/mol. The zero-order valence-electron chi connectivity index (χ0n) is 17.1. The van der Waals surface area contributed by atoms with Crippen LogP contribution in [-0.4, -0.2) is 36.5 Å². The third kappa shape index (κ3) is 4.89. The standard InChI is InChI=1S/C23H31N3O/c1-17-10-12-18(13-11-17)16-26-15-14-24-21(22(26)25-23(2,3)4)19-8-6-7-9-20(19)27-5/h6-13,21,24H,14-16H2,1-5H3. The van der Waals surface area contributed by atoms with Gasteiger partial charge in [-0.15, -0.1) is 0 Å². The highest BCUT2D eigenvalue weighted by atomic mass is 16.5. The maximum atomic E-state index is 5.63. The number of piperazine rings is 1. The molecular weight excluding hydrogens is 334 g/mol. The van der Waals surface area contributed by atoms with Crippen molar-refractivity contribution in [3.05, 3.63) is 65.2 Å². The van der Waals surface area contributed by atoms with Gasteiger partial charge >= 0.3 is 0 Å². The largest absolute Gasteiger partial charge is 0.496 e. The molecule has 3 rings (SSSR count). The second-order valence-electron chi connectivity index (χ2n) is 8.18. The summed E-state index contributed by atoms with van der Waals surface area (Å²) in [4.78, 5) is 7.53. The fourth-order valence-electron chi connectivity index (χ4n) is 3.44. The molecule has 0 radical (unpaired) electrons. The Morgan fingerprint density at radius 3 is 2.48 bits per heavy atom. The van der Waals surface area contributed by atoms with Gasteiger partial charge in [0.15, 0.2) is 0 Å². The van der Waals surface area contributed by atoms with Crippen LogP contribution in [0.5, 0.6) is 5.75 Å². The fraction of sp³-hybridized carbons (Fsp3) is 0.435. The number of benzene rings is 2. The molecule has 4 nitrogen and oxygen atoms in total. The van der Waals surface area contributed by atoms with Gasteiger partial charge in [0.05, 0.1) is 18.7 Å². The number of nitrogens with one attached hydrogen (secondary N) is 1. The van der Waals surface area contributed by atoms with E-state index in [9.17, 15) is 0 Å². The van der Waals surface area contributed by atoms with Crippen molar-refractivity contribution in [3.63, 3.8) is 0 Å². The number of hydrogen-bond donors (Lipinski definition) is 1. The van der Waals surface area contributed by atoms with E-state index in [1.165, 1.54) is 11.1 Å². The summed E-state index contributed by atoms with van der Waals surface area (Å²) >= 11 is 0. The van der Waals surface area contributed by atoms with Gasteiger partial charge in [0, 0.05) is 25.2 Å². The summed E-state index contributed by atoms with van der Waals surface area (Å²) in [7, 11) is 1.73. The van der Waals surface area contributed by atoms with Crippen molar-refractivity contribution < 1.29 is 4.74 Å². The summed E-state index contributed by atoms with van der Waals surface area (Å²) < 4.78 is 5.63. The van der Waals surface area contributed by atoms with Gasteiger partial charge in [-0.3, -0.25) is 4.99 Å². The number of ether oxygens (including phenoxy) is 1. The van der Waals surface area contributed by atoms with Crippen LogP contribution in [0.1, 0.15) is 43.5 Å². The normalized spacial score (nSPS) is 19.4. The highest BCUT2D eigenvalue weighted by Gasteiger charge is 2.31. The second kappa shape index (κ2) is 8.13. The number of hydrogen-bond acceptors (Lipinski definition) is 3. The molecule has 27 heavy (non-hydrogen) atoms. The summed E-state index contributed by atoms with van der Waals surface area (Å²) in [5, 5.41) is 3.66. The summed E-state index contributed by atoms with van der Waals surface area (Å²) in [6, 6.07) is 17.0. The highest BCUT2D eigenvalue weighted by Crippen LogP contribution is 2.30. The number of amidine groups is 1. The van der Waals surface area contributed by atoms with Gasteiger partial charge in [-0.1, -0.05) is 48.0 Å². The predicted octanol–water partition coefficient (Wildman–Crippen LogP) is 4.35. The molecule has 0 aliphatic carbocycles. The zero-order chi connectivity index (χ0) is 19.4. The van der Waals surface area contributed by atoms with Gasteiger partial charge in [-0.05, 0) is 39.3 Å². The van der Waals surface area contributed by atoms with Crippen molar-refractivity contribution in [2.45, 2.75) is 45.8 Å². The van der Waals surface area contributed by atoms with Gasteiger partial charge in [-0.2, -0.15) is 0 Å². The Hall–Kier alpha value is -2.33. The minimum atomic E-state index is -0.153. The lowest BCUT2D eigenvalue weighted by Crippen LogP contribution is -2.50. The molecule has 1 aliphatic rings. The minimum absolute atomic E-state index is 0.0274. The quantitative estimate of drug-likeness (QED) is 0.875. The molecule has 1 unspecified atom stereocenters. The second-order valence-corrected chi connectivity index (χ2v) is 8.18. The molecular formula is C23H31N3O. The molecule has 0 aromatic heterocycles. The van der Waals surface area contributed by atoms with E-state index in [1.807, 2.05) is 12.1 Å². The van der Waals surface area contributed by atoms with Crippen molar-refractivity contribution in [1.29, 1.82) is 0 Å². The molecule has 2 aromatic carbocycles. The van der Waals surface area contributed by atoms with E-state index in [0.29, 0.717) is 0 Å². The fourth-order valence-corrected chi connectivity index (χ4v) is 3.44.